The second-order valence-corrected chi connectivity index (χ2v) is 4.52. The molecule has 0 spiro atoms. The topological polar surface area (TPSA) is 12.5 Å². The third-order valence-electron chi connectivity index (χ3n) is 1.69. The highest BCUT2D eigenvalue weighted by molar-refractivity contribution is 9.10. The van der Waals surface area contributed by atoms with Crippen LogP contribution in [0, 0.1) is 0 Å². The summed E-state index contributed by atoms with van der Waals surface area (Å²) < 4.78 is 6.45. The van der Waals surface area contributed by atoms with Crippen molar-refractivity contribution in [2.24, 2.45) is 0 Å². The molecule has 0 heterocycles. The van der Waals surface area contributed by atoms with Gasteiger partial charge in [0.05, 0.1) is 4.47 Å². The van der Waals surface area contributed by atoms with E-state index < -0.39 is 0 Å². The van der Waals surface area contributed by atoms with Crippen LogP contribution in [0.25, 0.3) is 0 Å². The van der Waals surface area contributed by atoms with Gasteiger partial charge in [-0.1, -0.05) is 11.6 Å². The summed E-state index contributed by atoms with van der Waals surface area (Å²) in [6.07, 6.45) is 0. The van der Waals surface area contributed by atoms with Gasteiger partial charge in [0.1, 0.15) is 12.4 Å². The third kappa shape index (κ3) is 3.86. The molecule has 0 radical (unpaired) electrons. The van der Waals surface area contributed by atoms with Crippen molar-refractivity contribution in [2.45, 2.75) is 0 Å². The minimum atomic E-state index is 0.674. The Bertz CT molecular complexity index is 304. The monoisotopic (exact) mass is 277 g/mol. The Morgan fingerprint density at radius 1 is 1.43 bits per heavy atom. The van der Waals surface area contributed by atoms with E-state index in [0.717, 1.165) is 16.8 Å². The molecule has 78 valence electrons. The summed E-state index contributed by atoms with van der Waals surface area (Å²) >= 11 is 9.20. The van der Waals surface area contributed by atoms with Crippen LogP contribution < -0.4 is 4.74 Å². The molecule has 0 aromatic heterocycles. The van der Waals surface area contributed by atoms with Crippen LogP contribution >= 0.6 is 27.5 Å². The highest BCUT2D eigenvalue weighted by Gasteiger charge is 2.01. The lowest BCUT2D eigenvalue weighted by molar-refractivity contribution is 0.260. The van der Waals surface area contributed by atoms with Crippen LogP contribution in [-0.2, 0) is 0 Å². The number of hydrogen-bond donors (Lipinski definition) is 0. The van der Waals surface area contributed by atoms with Crippen molar-refractivity contribution in [3.05, 3.63) is 27.7 Å². The first-order chi connectivity index (χ1) is 6.59. The number of hydrogen-bond acceptors (Lipinski definition) is 2. The van der Waals surface area contributed by atoms with Crippen molar-refractivity contribution in [1.29, 1.82) is 0 Å². The summed E-state index contributed by atoms with van der Waals surface area (Å²) in [6, 6.07) is 5.51. The summed E-state index contributed by atoms with van der Waals surface area (Å²) in [4.78, 5) is 2.07. The predicted molar refractivity (Wildman–Crippen MR) is 63.2 cm³/mol. The van der Waals surface area contributed by atoms with Crippen molar-refractivity contribution in [2.75, 3.05) is 27.2 Å². The van der Waals surface area contributed by atoms with Crippen LogP contribution in [0.5, 0.6) is 5.75 Å². The molecule has 0 atom stereocenters. The van der Waals surface area contributed by atoms with E-state index in [4.69, 9.17) is 16.3 Å². The van der Waals surface area contributed by atoms with E-state index in [1.807, 2.05) is 32.3 Å². The lowest BCUT2D eigenvalue weighted by Crippen LogP contribution is -2.19. The van der Waals surface area contributed by atoms with Gasteiger partial charge in [-0.15, -0.1) is 0 Å². The molecule has 2 nitrogen and oxygen atoms in total. The van der Waals surface area contributed by atoms with Crippen LogP contribution in [0.4, 0.5) is 0 Å². The van der Waals surface area contributed by atoms with Gasteiger partial charge in [0, 0.05) is 11.6 Å². The van der Waals surface area contributed by atoms with Crippen molar-refractivity contribution < 1.29 is 4.74 Å². The van der Waals surface area contributed by atoms with Crippen LogP contribution in [-0.4, -0.2) is 32.1 Å². The Morgan fingerprint density at radius 2 is 2.14 bits per heavy atom. The molecule has 0 N–H and O–H groups in total. The standard InChI is InChI=1S/C10H13BrClNO/c1-13(2)5-6-14-10-4-3-8(12)7-9(10)11/h3-4,7H,5-6H2,1-2H3. The summed E-state index contributed by atoms with van der Waals surface area (Å²) in [5, 5.41) is 0.705. The van der Waals surface area contributed by atoms with Crippen LogP contribution in [0.2, 0.25) is 5.02 Å². The molecule has 0 bridgehead atoms. The quantitative estimate of drug-likeness (QED) is 0.839. The summed E-state index contributed by atoms with van der Waals surface area (Å²) in [7, 11) is 4.03. The Labute approximate surface area is 97.9 Å². The molecule has 1 rings (SSSR count). The summed E-state index contributed by atoms with van der Waals surface area (Å²) in [5.41, 5.74) is 0. The SMILES string of the molecule is CN(C)CCOc1ccc(Cl)cc1Br. The van der Waals surface area contributed by atoms with Crippen LogP contribution in [0.15, 0.2) is 22.7 Å². The van der Waals surface area contributed by atoms with Gasteiger partial charge in [0.25, 0.3) is 0 Å². The Hall–Kier alpha value is -0.250. The average molecular weight is 279 g/mol. The van der Waals surface area contributed by atoms with Gasteiger partial charge >= 0.3 is 0 Å². The fraction of sp³-hybridized carbons (Fsp3) is 0.400. The molecule has 0 aliphatic heterocycles. The highest BCUT2D eigenvalue weighted by atomic mass is 79.9. The van der Waals surface area contributed by atoms with Gasteiger partial charge in [0.15, 0.2) is 0 Å². The molecule has 1 aromatic rings. The minimum absolute atomic E-state index is 0.674. The molecule has 4 heteroatoms. The van der Waals surface area contributed by atoms with E-state index in [1.54, 1.807) is 0 Å². The second-order valence-electron chi connectivity index (χ2n) is 3.23. The van der Waals surface area contributed by atoms with E-state index in [0.29, 0.717) is 11.6 Å². The van der Waals surface area contributed by atoms with Gasteiger partial charge < -0.3 is 9.64 Å². The minimum Gasteiger partial charge on any atom is -0.491 e. The lowest BCUT2D eigenvalue weighted by atomic mass is 10.3. The molecular weight excluding hydrogens is 265 g/mol. The van der Waals surface area contributed by atoms with E-state index in [-0.39, 0.29) is 0 Å². The second kappa shape index (κ2) is 5.59. The molecule has 1 aromatic carbocycles. The molecular formula is C10H13BrClNO. The van der Waals surface area contributed by atoms with Gasteiger partial charge in [-0.25, -0.2) is 0 Å². The van der Waals surface area contributed by atoms with Crippen molar-refractivity contribution >= 4 is 27.5 Å². The Balaban J connectivity index is 2.51. The van der Waals surface area contributed by atoms with Gasteiger partial charge in [-0.2, -0.15) is 0 Å². The van der Waals surface area contributed by atoms with Crippen LogP contribution in [0.3, 0.4) is 0 Å². The maximum Gasteiger partial charge on any atom is 0.133 e. The van der Waals surface area contributed by atoms with E-state index in [9.17, 15) is 0 Å². The third-order valence-corrected chi connectivity index (χ3v) is 2.54. The zero-order valence-corrected chi connectivity index (χ0v) is 10.6. The zero-order chi connectivity index (χ0) is 10.6. The fourth-order valence-electron chi connectivity index (χ4n) is 0.930. The van der Waals surface area contributed by atoms with Gasteiger partial charge in [0.2, 0.25) is 0 Å². The van der Waals surface area contributed by atoms with Crippen molar-refractivity contribution in [3.63, 3.8) is 0 Å². The van der Waals surface area contributed by atoms with E-state index in [2.05, 4.69) is 20.8 Å². The molecule has 0 aliphatic rings. The molecule has 0 saturated carbocycles. The van der Waals surface area contributed by atoms with E-state index in [1.165, 1.54) is 0 Å². The smallest absolute Gasteiger partial charge is 0.133 e. The first kappa shape index (κ1) is 11.8. The van der Waals surface area contributed by atoms with Crippen LogP contribution in [0.1, 0.15) is 0 Å². The molecule has 0 fully saturated rings. The molecule has 0 aliphatic carbocycles. The normalized spacial score (nSPS) is 10.6. The summed E-state index contributed by atoms with van der Waals surface area (Å²) in [5.74, 6) is 0.830. The Kier molecular flexibility index (Phi) is 4.72. The molecule has 14 heavy (non-hydrogen) atoms. The average Bonchev–Trinajstić information content (AvgIpc) is 2.08. The first-order valence-corrected chi connectivity index (χ1v) is 5.49. The number of halogens is 2. The van der Waals surface area contributed by atoms with Gasteiger partial charge in [-0.3, -0.25) is 0 Å². The zero-order valence-electron chi connectivity index (χ0n) is 8.26. The largest absolute Gasteiger partial charge is 0.491 e. The number of ether oxygens (including phenoxy) is 1. The van der Waals surface area contributed by atoms with E-state index >= 15 is 0 Å². The maximum absolute atomic E-state index is 5.81. The number of benzene rings is 1. The Morgan fingerprint density at radius 3 is 2.71 bits per heavy atom. The predicted octanol–water partition coefficient (Wildman–Crippen LogP) is 3.04. The molecule has 0 saturated heterocycles. The lowest BCUT2D eigenvalue weighted by Gasteiger charge is -2.12. The van der Waals surface area contributed by atoms with Crippen molar-refractivity contribution in [1.82, 2.24) is 4.90 Å². The number of nitrogens with zero attached hydrogens (tertiary/aromatic N) is 1. The number of likely N-dealkylation sites (N-methyl/N-ethyl adjacent to an activating group) is 1. The van der Waals surface area contributed by atoms with Crippen molar-refractivity contribution in [3.8, 4) is 5.75 Å². The maximum atomic E-state index is 5.81. The summed E-state index contributed by atoms with van der Waals surface area (Å²) in [6.45, 7) is 1.57. The molecule has 0 amide bonds. The highest BCUT2D eigenvalue weighted by Crippen LogP contribution is 2.27. The molecule has 0 unspecified atom stereocenters. The fourth-order valence-corrected chi connectivity index (χ4v) is 1.73. The first-order valence-electron chi connectivity index (χ1n) is 4.32. The van der Waals surface area contributed by atoms with Gasteiger partial charge in [-0.05, 0) is 48.2 Å². The number of rotatable bonds is 4.